The van der Waals surface area contributed by atoms with Crippen molar-refractivity contribution >= 4 is 23.3 Å². The molecule has 0 aliphatic rings. The number of hydrogen-bond acceptors (Lipinski definition) is 9. The fourth-order valence-corrected chi connectivity index (χ4v) is 2.26. The second kappa shape index (κ2) is 9.56. The number of carbonyl (C=O) groups excluding carboxylic acids is 2. The molecule has 30 heavy (non-hydrogen) atoms. The third-order valence-electron chi connectivity index (χ3n) is 4.02. The molecule has 0 radical (unpaired) electrons. The van der Waals surface area contributed by atoms with E-state index in [0.29, 0.717) is 0 Å². The quantitative estimate of drug-likeness (QED) is 0.367. The fraction of sp³-hybridized carbons (Fsp3) is 0.263. The van der Waals surface area contributed by atoms with Crippen molar-refractivity contribution in [2.75, 3.05) is 13.2 Å². The average Bonchev–Trinajstić information content (AvgIpc) is 2.72. The molecule has 2 aromatic rings. The molecule has 0 unspecified atom stereocenters. The van der Waals surface area contributed by atoms with Gasteiger partial charge in [-0.15, -0.1) is 0 Å². The molecule has 1 N–H and O–H groups in total. The Balaban J connectivity index is 1.80. The zero-order valence-electron chi connectivity index (χ0n) is 15.8. The molecule has 0 saturated carbocycles. The Morgan fingerprint density at radius 1 is 0.867 bits per heavy atom. The van der Waals surface area contributed by atoms with Gasteiger partial charge in [0.2, 0.25) is 0 Å². The molecular formula is C19H18N2O9. The van der Waals surface area contributed by atoms with Gasteiger partial charge in [0, 0.05) is 30.7 Å². The van der Waals surface area contributed by atoms with Gasteiger partial charge in [-0.25, -0.2) is 9.59 Å². The van der Waals surface area contributed by atoms with Crippen molar-refractivity contribution < 1.29 is 34.0 Å². The summed E-state index contributed by atoms with van der Waals surface area (Å²) in [6.45, 7) is 0.811. The molecule has 0 amide bonds. The van der Waals surface area contributed by atoms with E-state index in [9.17, 15) is 34.9 Å². The summed E-state index contributed by atoms with van der Waals surface area (Å²) in [4.78, 5) is 43.9. The van der Waals surface area contributed by atoms with Crippen molar-refractivity contribution in [2.24, 2.45) is 0 Å². The lowest BCUT2D eigenvalue weighted by molar-refractivity contribution is -0.385. The molecule has 11 heteroatoms. The molecule has 0 saturated heterocycles. The van der Waals surface area contributed by atoms with Crippen molar-refractivity contribution in [3.05, 3.63) is 79.9 Å². The van der Waals surface area contributed by atoms with Crippen LogP contribution in [0.2, 0.25) is 0 Å². The third-order valence-corrected chi connectivity index (χ3v) is 4.02. The monoisotopic (exact) mass is 418 g/mol. The first-order valence-corrected chi connectivity index (χ1v) is 8.64. The van der Waals surface area contributed by atoms with E-state index >= 15 is 0 Å². The summed E-state index contributed by atoms with van der Waals surface area (Å²) in [7, 11) is 0. The lowest BCUT2D eigenvalue weighted by Gasteiger charge is -2.22. The Bertz CT molecular complexity index is 937. The van der Waals surface area contributed by atoms with Crippen molar-refractivity contribution in [1.29, 1.82) is 0 Å². The molecule has 158 valence electrons. The molecule has 1 atom stereocenters. The lowest BCUT2D eigenvalue weighted by atomic mass is 10.0. The molecule has 0 spiro atoms. The van der Waals surface area contributed by atoms with E-state index in [2.05, 4.69) is 0 Å². The van der Waals surface area contributed by atoms with Crippen LogP contribution in [-0.2, 0) is 9.47 Å². The Labute approximate surface area is 170 Å². The Kier molecular flexibility index (Phi) is 7.15. The molecule has 2 aromatic carbocycles. The van der Waals surface area contributed by atoms with Gasteiger partial charge < -0.3 is 14.6 Å². The summed E-state index contributed by atoms with van der Waals surface area (Å²) in [5, 5.41) is 31.5. The summed E-state index contributed by atoms with van der Waals surface area (Å²) in [6, 6.07) is 9.64. The Hall–Kier alpha value is -3.86. The number of benzene rings is 2. The van der Waals surface area contributed by atoms with Crippen molar-refractivity contribution in [1.82, 2.24) is 0 Å². The smallest absolute Gasteiger partial charge is 0.338 e. The number of nitrogens with zero attached hydrogens (tertiary/aromatic N) is 2. The van der Waals surface area contributed by atoms with Gasteiger partial charge in [-0.2, -0.15) is 0 Å². The Morgan fingerprint density at radius 2 is 1.27 bits per heavy atom. The highest BCUT2D eigenvalue weighted by Crippen LogP contribution is 2.16. The first-order chi connectivity index (χ1) is 14.1. The van der Waals surface area contributed by atoms with Crippen LogP contribution in [0.3, 0.4) is 0 Å². The first-order valence-electron chi connectivity index (χ1n) is 8.64. The minimum absolute atomic E-state index is 0.0424. The third kappa shape index (κ3) is 6.34. The fourth-order valence-electron chi connectivity index (χ4n) is 2.26. The van der Waals surface area contributed by atoms with Gasteiger partial charge in [0.25, 0.3) is 11.4 Å². The predicted molar refractivity (Wildman–Crippen MR) is 102 cm³/mol. The van der Waals surface area contributed by atoms with Crippen LogP contribution in [-0.4, -0.2) is 45.7 Å². The van der Waals surface area contributed by atoms with Gasteiger partial charge in [-0.05, 0) is 31.2 Å². The largest absolute Gasteiger partial charge is 0.462 e. The second-order valence-electron chi connectivity index (χ2n) is 6.57. The second-order valence-corrected chi connectivity index (χ2v) is 6.57. The normalized spacial score (nSPS) is 12.5. The molecule has 11 nitrogen and oxygen atoms in total. The number of non-ortho nitro benzene ring substituents is 2. The lowest BCUT2D eigenvalue weighted by Crippen LogP contribution is -2.33. The van der Waals surface area contributed by atoms with Crippen LogP contribution in [0, 0.1) is 20.2 Å². The van der Waals surface area contributed by atoms with Crippen LogP contribution < -0.4 is 0 Å². The molecule has 0 fully saturated rings. The number of rotatable bonds is 9. The summed E-state index contributed by atoms with van der Waals surface area (Å²) >= 11 is 0. The first kappa shape index (κ1) is 22.4. The van der Waals surface area contributed by atoms with Crippen LogP contribution in [0.4, 0.5) is 11.4 Å². The highest BCUT2D eigenvalue weighted by Gasteiger charge is 2.24. The SMILES string of the molecule is C[C@@](O)(CCOC(=O)c1ccc([N+](=O)[O-])cc1)COC(=O)c1ccc([N+](=O)[O-])cc1. The maximum absolute atomic E-state index is 12.0. The number of nitro groups is 2. The van der Waals surface area contributed by atoms with Crippen LogP contribution in [0.1, 0.15) is 34.1 Å². The number of hydrogen-bond donors (Lipinski definition) is 1. The van der Waals surface area contributed by atoms with E-state index in [1.165, 1.54) is 43.3 Å². The standard InChI is InChI=1S/C19H18N2O9/c1-19(24,12-30-18(23)14-4-8-16(9-5-14)21(27)28)10-11-29-17(22)13-2-6-15(7-3-13)20(25)26/h2-9,24H,10-12H2,1H3/t19-/m1/s1. The molecule has 2 rings (SSSR count). The van der Waals surface area contributed by atoms with E-state index in [4.69, 9.17) is 9.47 Å². The molecule has 0 bridgehead atoms. The van der Waals surface area contributed by atoms with Gasteiger partial charge in [0.1, 0.15) is 6.61 Å². The minimum atomic E-state index is -1.49. The maximum atomic E-state index is 12.0. The van der Waals surface area contributed by atoms with Gasteiger partial charge in [0.05, 0.1) is 33.2 Å². The summed E-state index contributed by atoms with van der Waals surface area (Å²) in [6.07, 6.45) is -0.0424. The van der Waals surface area contributed by atoms with E-state index in [0.717, 1.165) is 12.1 Å². The van der Waals surface area contributed by atoms with Crippen molar-refractivity contribution in [2.45, 2.75) is 18.9 Å². The zero-order chi connectivity index (χ0) is 22.3. The number of aliphatic hydroxyl groups is 1. The van der Waals surface area contributed by atoms with Crippen molar-refractivity contribution in [3.63, 3.8) is 0 Å². The maximum Gasteiger partial charge on any atom is 0.338 e. The van der Waals surface area contributed by atoms with E-state index in [1.54, 1.807) is 0 Å². The van der Waals surface area contributed by atoms with Gasteiger partial charge in [0.15, 0.2) is 0 Å². The van der Waals surface area contributed by atoms with Crippen LogP contribution in [0.15, 0.2) is 48.5 Å². The molecule has 0 aliphatic heterocycles. The summed E-state index contributed by atoms with van der Waals surface area (Å²) in [5.74, 6) is -1.49. The van der Waals surface area contributed by atoms with E-state index in [1.807, 2.05) is 0 Å². The highest BCUT2D eigenvalue weighted by molar-refractivity contribution is 5.90. The summed E-state index contributed by atoms with van der Waals surface area (Å²) < 4.78 is 10.0. The number of carbonyl (C=O) groups is 2. The molecule has 0 aromatic heterocycles. The zero-order valence-corrected chi connectivity index (χ0v) is 15.8. The van der Waals surface area contributed by atoms with Crippen LogP contribution in [0.25, 0.3) is 0 Å². The number of esters is 2. The van der Waals surface area contributed by atoms with E-state index in [-0.39, 0.29) is 35.5 Å². The predicted octanol–water partition coefficient (Wildman–Crippen LogP) is 2.66. The van der Waals surface area contributed by atoms with Gasteiger partial charge >= 0.3 is 11.9 Å². The molecule has 0 aliphatic carbocycles. The van der Waals surface area contributed by atoms with Crippen LogP contribution >= 0.6 is 0 Å². The Morgan fingerprint density at radius 3 is 1.67 bits per heavy atom. The van der Waals surface area contributed by atoms with E-state index < -0.39 is 34.0 Å². The number of nitro benzene ring substituents is 2. The topological polar surface area (TPSA) is 159 Å². The minimum Gasteiger partial charge on any atom is -0.462 e. The molecule has 0 heterocycles. The molecular weight excluding hydrogens is 400 g/mol. The average molecular weight is 418 g/mol. The summed E-state index contributed by atoms with van der Waals surface area (Å²) in [5.41, 5.74) is -1.63. The highest BCUT2D eigenvalue weighted by atomic mass is 16.6. The van der Waals surface area contributed by atoms with Gasteiger partial charge in [-0.3, -0.25) is 20.2 Å². The van der Waals surface area contributed by atoms with Crippen LogP contribution in [0.5, 0.6) is 0 Å². The number of ether oxygens (including phenoxy) is 2. The van der Waals surface area contributed by atoms with Gasteiger partial charge in [-0.1, -0.05) is 0 Å². The van der Waals surface area contributed by atoms with Crippen molar-refractivity contribution in [3.8, 4) is 0 Å².